The van der Waals surface area contributed by atoms with Crippen molar-refractivity contribution in [3.63, 3.8) is 0 Å². The molecule has 1 atom stereocenters. The number of Topliss-reactive ketones (excluding diaryl/α,β-unsaturated/α-hetero) is 1. The number of ether oxygens (including phenoxy) is 1. The summed E-state index contributed by atoms with van der Waals surface area (Å²) in [6, 6.07) is 0.0242. The van der Waals surface area contributed by atoms with E-state index in [0.717, 1.165) is 10.6 Å². The number of nitrogens with zero attached hydrogens (tertiary/aromatic N) is 1. The molecule has 0 saturated heterocycles. The molecule has 0 aliphatic carbocycles. The van der Waals surface area contributed by atoms with Gasteiger partial charge in [0.25, 0.3) is 0 Å². The fourth-order valence-corrected chi connectivity index (χ4v) is 2.95. The van der Waals surface area contributed by atoms with E-state index < -0.39 is 0 Å². The van der Waals surface area contributed by atoms with Gasteiger partial charge in [0.05, 0.1) is 28.9 Å². The van der Waals surface area contributed by atoms with Gasteiger partial charge in [-0.05, 0) is 20.8 Å². The Balaban J connectivity index is 2.32. The highest BCUT2D eigenvalue weighted by atomic mass is 32.1. The van der Waals surface area contributed by atoms with Gasteiger partial charge in [0.1, 0.15) is 5.00 Å². The molecule has 4 N–H and O–H groups in total. The van der Waals surface area contributed by atoms with Crippen LogP contribution in [-0.4, -0.2) is 22.1 Å². The zero-order valence-electron chi connectivity index (χ0n) is 12.6. The molecule has 0 spiro atoms. The lowest BCUT2D eigenvalue weighted by Crippen LogP contribution is -2.10. The molecular weight excluding hydrogens is 288 g/mol. The highest BCUT2D eigenvalue weighted by Crippen LogP contribution is 2.44. The maximum atomic E-state index is 11.7. The van der Waals surface area contributed by atoms with Crippen molar-refractivity contribution < 1.29 is 9.53 Å². The van der Waals surface area contributed by atoms with Crippen LogP contribution in [0.25, 0.3) is 0 Å². The standard InChI is InChI=1S/C14H20N4O2S/c1-7(2)20-12-11(15)13(9(4)19)21-14(12)18-8(3)10-5-16-17-6-10/h5-8,18H,15H2,1-4H3,(H,16,17). The van der Waals surface area contributed by atoms with Crippen molar-refractivity contribution in [1.82, 2.24) is 10.2 Å². The van der Waals surface area contributed by atoms with Crippen molar-refractivity contribution >= 4 is 27.8 Å². The first-order valence-electron chi connectivity index (χ1n) is 6.75. The predicted octanol–water partition coefficient (Wildman–Crippen LogP) is 3.22. The quantitative estimate of drug-likeness (QED) is 0.712. The Labute approximate surface area is 127 Å². The second kappa shape index (κ2) is 6.17. The molecular formula is C14H20N4O2S. The van der Waals surface area contributed by atoms with Crippen LogP contribution in [0, 0.1) is 0 Å². The summed E-state index contributed by atoms with van der Waals surface area (Å²) in [6.45, 7) is 7.36. The van der Waals surface area contributed by atoms with Crippen LogP contribution in [0.4, 0.5) is 10.7 Å². The molecule has 0 aliphatic rings. The molecule has 2 rings (SSSR count). The highest BCUT2D eigenvalue weighted by molar-refractivity contribution is 7.19. The zero-order chi connectivity index (χ0) is 15.6. The number of hydrogen-bond acceptors (Lipinski definition) is 6. The van der Waals surface area contributed by atoms with E-state index in [9.17, 15) is 4.79 Å². The smallest absolute Gasteiger partial charge is 0.177 e. The van der Waals surface area contributed by atoms with Gasteiger partial charge in [0.2, 0.25) is 0 Å². The lowest BCUT2D eigenvalue weighted by Gasteiger charge is -2.16. The summed E-state index contributed by atoms with van der Waals surface area (Å²) < 4.78 is 5.77. The van der Waals surface area contributed by atoms with Crippen molar-refractivity contribution in [2.75, 3.05) is 11.1 Å². The number of rotatable bonds is 6. The highest BCUT2D eigenvalue weighted by Gasteiger charge is 2.22. The molecule has 2 heterocycles. The number of aromatic nitrogens is 2. The lowest BCUT2D eigenvalue weighted by molar-refractivity contribution is 0.102. The van der Waals surface area contributed by atoms with E-state index in [1.807, 2.05) is 27.0 Å². The number of hydrogen-bond donors (Lipinski definition) is 3. The van der Waals surface area contributed by atoms with Gasteiger partial charge in [-0.15, -0.1) is 11.3 Å². The van der Waals surface area contributed by atoms with E-state index in [0.29, 0.717) is 16.3 Å². The average molecular weight is 308 g/mol. The Morgan fingerprint density at radius 2 is 2.19 bits per heavy atom. The van der Waals surface area contributed by atoms with E-state index in [1.165, 1.54) is 18.3 Å². The zero-order valence-corrected chi connectivity index (χ0v) is 13.4. The molecule has 0 bridgehead atoms. The topological polar surface area (TPSA) is 93.0 Å². The summed E-state index contributed by atoms with van der Waals surface area (Å²) >= 11 is 1.32. The van der Waals surface area contributed by atoms with Gasteiger partial charge in [0, 0.05) is 18.7 Å². The number of H-pyrrole nitrogens is 1. The van der Waals surface area contributed by atoms with Gasteiger partial charge in [-0.1, -0.05) is 0 Å². The van der Waals surface area contributed by atoms with E-state index in [2.05, 4.69) is 15.5 Å². The Morgan fingerprint density at radius 1 is 1.48 bits per heavy atom. The largest absolute Gasteiger partial charge is 0.486 e. The maximum Gasteiger partial charge on any atom is 0.177 e. The van der Waals surface area contributed by atoms with Crippen LogP contribution in [0.3, 0.4) is 0 Å². The summed E-state index contributed by atoms with van der Waals surface area (Å²) in [4.78, 5) is 12.2. The van der Waals surface area contributed by atoms with Gasteiger partial charge >= 0.3 is 0 Å². The molecule has 2 aromatic heterocycles. The normalized spacial score (nSPS) is 12.4. The maximum absolute atomic E-state index is 11.7. The molecule has 0 saturated carbocycles. The summed E-state index contributed by atoms with van der Waals surface area (Å²) in [5.41, 5.74) is 7.48. The van der Waals surface area contributed by atoms with Crippen molar-refractivity contribution in [2.45, 2.75) is 39.8 Å². The van der Waals surface area contributed by atoms with E-state index in [4.69, 9.17) is 10.5 Å². The van der Waals surface area contributed by atoms with Gasteiger partial charge < -0.3 is 15.8 Å². The number of thiophene rings is 1. The monoisotopic (exact) mass is 308 g/mol. The summed E-state index contributed by atoms with van der Waals surface area (Å²) in [7, 11) is 0. The Morgan fingerprint density at radius 3 is 2.71 bits per heavy atom. The van der Waals surface area contributed by atoms with E-state index >= 15 is 0 Å². The Bertz CT molecular complexity index is 619. The number of anilines is 2. The Hall–Kier alpha value is -2.02. The predicted molar refractivity (Wildman–Crippen MR) is 85.1 cm³/mol. The fourth-order valence-electron chi connectivity index (χ4n) is 1.92. The number of nitrogen functional groups attached to an aromatic ring is 1. The third kappa shape index (κ3) is 3.36. The molecule has 0 radical (unpaired) electrons. The number of carbonyl (C=O) groups excluding carboxylic acids is 1. The van der Waals surface area contributed by atoms with Crippen molar-refractivity contribution in [3.8, 4) is 5.75 Å². The first-order chi connectivity index (χ1) is 9.90. The molecule has 2 aromatic rings. The molecule has 6 nitrogen and oxygen atoms in total. The summed E-state index contributed by atoms with van der Waals surface area (Å²) in [6.07, 6.45) is 3.55. The fraction of sp³-hybridized carbons (Fsp3) is 0.429. The lowest BCUT2D eigenvalue weighted by atomic mass is 10.2. The van der Waals surface area contributed by atoms with Crippen molar-refractivity contribution in [1.29, 1.82) is 0 Å². The number of ketones is 1. The second-order valence-electron chi connectivity index (χ2n) is 5.12. The van der Waals surface area contributed by atoms with Crippen LogP contribution < -0.4 is 15.8 Å². The minimum Gasteiger partial charge on any atom is -0.486 e. The molecule has 1 unspecified atom stereocenters. The molecule has 7 heteroatoms. The molecule has 114 valence electrons. The molecule has 0 aromatic carbocycles. The van der Waals surface area contributed by atoms with Crippen LogP contribution in [0.15, 0.2) is 12.4 Å². The Kier molecular flexibility index (Phi) is 4.52. The van der Waals surface area contributed by atoms with Crippen molar-refractivity contribution in [2.24, 2.45) is 0 Å². The summed E-state index contributed by atoms with van der Waals surface area (Å²) in [5, 5.41) is 10.8. The van der Waals surface area contributed by atoms with E-state index in [1.54, 1.807) is 6.20 Å². The minimum atomic E-state index is -0.0601. The van der Waals surface area contributed by atoms with Crippen LogP contribution in [0.2, 0.25) is 0 Å². The number of aromatic amines is 1. The molecule has 21 heavy (non-hydrogen) atoms. The van der Waals surface area contributed by atoms with E-state index in [-0.39, 0.29) is 17.9 Å². The van der Waals surface area contributed by atoms with Crippen LogP contribution >= 0.6 is 11.3 Å². The first-order valence-corrected chi connectivity index (χ1v) is 7.56. The van der Waals surface area contributed by atoms with Gasteiger partial charge in [-0.3, -0.25) is 9.89 Å². The number of nitrogens with two attached hydrogens (primary N) is 1. The minimum absolute atomic E-state index is 0.0218. The van der Waals surface area contributed by atoms with Gasteiger partial charge in [-0.25, -0.2) is 0 Å². The second-order valence-corrected chi connectivity index (χ2v) is 6.14. The summed E-state index contributed by atoms with van der Waals surface area (Å²) in [5.74, 6) is 0.491. The van der Waals surface area contributed by atoms with Gasteiger partial charge in [0.15, 0.2) is 11.5 Å². The third-order valence-corrected chi connectivity index (χ3v) is 4.16. The van der Waals surface area contributed by atoms with Crippen molar-refractivity contribution in [3.05, 3.63) is 22.8 Å². The van der Waals surface area contributed by atoms with Gasteiger partial charge in [-0.2, -0.15) is 5.10 Å². The van der Waals surface area contributed by atoms with Crippen LogP contribution in [0.5, 0.6) is 5.75 Å². The van der Waals surface area contributed by atoms with Crippen LogP contribution in [-0.2, 0) is 0 Å². The van der Waals surface area contributed by atoms with Crippen LogP contribution in [0.1, 0.15) is 49.0 Å². The number of nitrogens with one attached hydrogen (secondary N) is 2. The first kappa shape index (κ1) is 15.4. The third-order valence-electron chi connectivity index (χ3n) is 2.94. The number of carbonyl (C=O) groups is 1. The average Bonchev–Trinajstić information content (AvgIpc) is 3.01. The molecule has 0 amide bonds. The molecule has 0 fully saturated rings. The molecule has 0 aliphatic heterocycles. The SMILES string of the molecule is CC(=O)c1sc(NC(C)c2cn[nH]c2)c(OC(C)C)c1N.